The van der Waals surface area contributed by atoms with Gasteiger partial charge in [0.25, 0.3) is 0 Å². The lowest BCUT2D eigenvalue weighted by atomic mass is 10.1. The number of hydrogen-bond acceptors (Lipinski definition) is 6. The fourth-order valence-corrected chi connectivity index (χ4v) is 4.37. The molecule has 6 nitrogen and oxygen atoms in total. The van der Waals surface area contributed by atoms with Gasteiger partial charge in [-0.15, -0.1) is 0 Å². The summed E-state index contributed by atoms with van der Waals surface area (Å²) in [6, 6.07) is 11.1. The van der Waals surface area contributed by atoms with Crippen LogP contribution in [0.1, 0.15) is 29.2 Å². The third kappa shape index (κ3) is 5.89. The lowest BCUT2D eigenvalue weighted by molar-refractivity contribution is -0.191. The number of methoxy groups -OCH3 is 1. The van der Waals surface area contributed by atoms with E-state index in [0.29, 0.717) is 27.6 Å². The van der Waals surface area contributed by atoms with E-state index in [0.717, 1.165) is 22.6 Å². The lowest BCUT2D eigenvalue weighted by Crippen LogP contribution is -2.04. The van der Waals surface area contributed by atoms with Crippen LogP contribution in [0.2, 0.25) is 0 Å². The molecule has 0 spiro atoms. The number of carbonyl (C=O) groups excluding carboxylic acids is 2. The van der Waals surface area contributed by atoms with Gasteiger partial charge in [-0.3, -0.25) is 0 Å². The largest absolute Gasteiger partial charge is 0.416 e. The summed E-state index contributed by atoms with van der Waals surface area (Å²) in [5.41, 5.74) is 2.52. The maximum Gasteiger partial charge on any atom is 0.416 e. The molecule has 0 bridgehead atoms. The summed E-state index contributed by atoms with van der Waals surface area (Å²) in [5, 5.41) is 5.05. The van der Waals surface area contributed by atoms with E-state index in [1.54, 1.807) is 30.1 Å². The van der Waals surface area contributed by atoms with E-state index >= 15 is 0 Å². The minimum Gasteiger partial charge on any atom is -0.376 e. The molecule has 0 aliphatic rings. The van der Waals surface area contributed by atoms with Gasteiger partial charge in [0.1, 0.15) is 5.82 Å². The quantitative estimate of drug-likeness (QED) is 0.300. The zero-order chi connectivity index (χ0) is 25.8. The third-order valence-electron chi connectivity index (χ3n) is 5.08. The van der Waals surface area contributed by atoms with Crippen molar-refractivity contribution in [2.24, 2.45) is 0 Å². The van der Waals surface area contributed by atoms with Crippen molar-refractivity contribution in [3.63, 3.8) is 0 Å². The Morgan fingerprint density at radius 2 is 1.74 bits per heavy atom. The molecule has 0 saturated heterocycles. The molecule has 0 fully saturated rings. The summed E-state index contributed by atoms with van der Waals surface area (Å²) in [4.78, 5) is 21.7. The van der Waals surface area contributed by atoms with Crippen molar-refractivity contribution in [1.82, 2.24) is 14.8 Å². The number of halogens is 4. The maximum absolute atomic E-state index is 13.7. The van der Waals surface area contributed by atoms with Gasteiger partial charge in [0.2, 0.25) is 5.13 Å². The van der Waals surface area contributed by atoms with Crippen molar-refractivity contribution >= 4 is 17.5 Å². The van der Waals surface area contributed by atoms with Gasteiger partial charge in [-0.1, -0.05) is 35.6 Å². The molecule has 182 valence electrons. The summed E-state index contributed by atoms with van der Waals surface area (Å²) < 4.78 is 59.6. The van der Waals surface area contributed by atoms with Crippen LogP contribution >= 0.6 is 11.3 Å². The van der Waals surface area contributed by atoms with Gasteiger partial charge in [0, 0.05) is 24.4 Å². The number of aryl methyl sites for hydroxylation is 1. The van der Waals surface area contributed by atoms with Crippen LogP contribution in [-0.2, 0) is 20.5 Å². The Morgan fingerprint density at radius 1 is 1.09 bits per heavy atom. The fraction of sp³-hybridized carbons (Fsp3) is 0.208. The van der Waals surface area contributed by atoms with Crippen molar-refractivity contribution in [3.05, 3.63) is 76.7 Å². The molecule has 4 aromatic rings. The highest BCUT2D eigenvalue weighted by Crippen LogP contribution is 2.38. The number of benzene rings is 2. The predicted molar refractivity (Wildman–Crippen MR) is 120 cm³/mol. The molecule has 0 radical (unpaired) electrons. The van der Waals surface area contributed by atoms with Crippen molar-refractivity contribution < 1.29 is 31.9 Å². The van der Waals surface area contributed by atoms with E-state index < -0.39 is 11.7 Å². The van der Waals surface area contributed by atoms with Gasteiger partial charge in [0.05, 0.1) is 27.9 Å². The summed E-state index contributed by atoms with van der Waals surface area (Å²) in [6.45, 7) is 3.66. The number of aromatic nitrogens is 3. The average Bonchev–Trinajstić information content (AvgIpc) is 3.43. The van der Waals surface area contributed by atoms with Crippen LogP contribution in [0.15, 0.2) is 54.7 Å². The number of thiazole rings is 1. The number of nitrogens with zero attached hydrogens (tertiary/aromatic N) is 3. The monoisotopic (exact) mass is 505 g/mol. The smallest absolute Gasteiger partial charge is 0.376 e. The SMILES string of the molecule is COC(C)c1sc(-n2cc(-c3cccc(F)c3)c(C)n2)nc1-c1ccc(C(F)(F)F)cc1.O=C=O. The number of rotatable bonds is 5. The molecule has 0 amide bonds. The number of ether oxygens (including phenoxy) is 1. The van der Waals surface area contributed by atoms with Crippen molar-refractivity contribution in [3.8, 4) is 27.5 Å². The Bertz CT molecular complexity index is 1340. The first kappa shape index (κ1) is 26.0. The number of alkyl halides is 3. The highest BCUT2D eigenvalue weighted by molar-refractivity contribution is 7.14. The van der Waals surface area contributed by atoms with Gasteiger partial charge >= 0.3 is 12.3 Å². The zero-order valence-electron chi connectivity index (χ0n) is 18.8. The number of hydrogen-bond donors (Lipinski definition) is 0. The molecule has 0 aliphatic carbocycles. The highest BCUT2D eigenvalue weighted by atomic mass is 32.1. The normalized spacial score (nSPS) is 12.0. The average molecular weight is 505 g/mol. The van der Waals surface area contributed by atoms with Gasteiger partial charge < -0.3 is 4.74 Å². The minimum absolute atomic E-state index is 0.250. The Labute approximate surface area is 201 Å². The van der Waals surface area contributed by atoms with Crippen LogP contribution in [0.5, 0.6) is 0 Å². The molecule has 0 N–H and O–H groups in total. The molecule has 4 rings (SSSR count). The summed E-state index contributed by atoms with van der Waals surface area (Å²) >= 11 is 1.34. The van der Waals surface area contributed by atoms with E-state index in [4.69, 9.17) is 14.3 Å². The van der Waals surface area contributed by atoms with Crippen LogP contribution in [0.4, 0.5) is 17.6 Å². The van der Waals surface area contributed by atoms with E-state index in [-0.39, 0.29) is 18.1 Å². The predicted octanol–water partition coefficient (Wildman–Crippen LogP) is 6.25. The highest BCUT2D eigenvalue weighted by Gasteiger charge is 2.30. The second-order valence-electron chi connectivity index (χ2n) is 7.33. The topological polar surface area (TPSA) is 74.1 Å². The molecule has 2 heterocycles. The fourth-order valence-electron chi connectivity index (χ4n) is 3.32. The Kier molecular flexibility index (Phi) is 7.96. The van der Waals surface area contributed by atoms with Gasteiger partial charge in [-0.2, -0.15) is 27.9 Å². The molecule has 1 unspecified atom stereocenters. The van der Waals surface area contributed by atoms with Gasteiger partial charge in [0.15, 0.2) is 0 Å². The Balaban J connectivity index is 0.00000108. The second-order valence-corrected chi connectivity index (χ2v) is 8.34. The van der Waals surface area contributed by atoms with Crippen LogP contribution in [0, 0.1) is 12.7 Å². The van der Waals surface area contributed by atoms with E-state index in [9.17, 15) is 17.6 Å². The van der Waals surface area contributed by atoms with Crippen LogP contribution < -0.4 is 0 Å². The molecule has 0 aliphatic heterocycles. The summed E-state index contributed by atoms with van der Waals surface area (Å²) in [6.07, 6.45) is -2.72. The first-order valence-corrected chi connectivity index (χ1v) is 10.9. The molecular weight excluding hydrogens is 486 g/mol. The van der Waals surface area contributed by atoms with Crippen LogP contribution in [-0.4, -0.2) is 28.0 Å². The molecule has 2 aromatic carbocycles. The molecule has 11 heteroatoms. The zero-order valence-corrected chi connectivity index (χ0v) is 19.6. The van der Waals surface area contributed by atoms with Crippen LogP contribution in [0.3, 0.4) is 0 Å². The van der Waals surface area contributed by atoms with Gasteiger partial charge in [-0.05, 0) is 43.7 Å². The molecule has 0 saturated carbocycles. The summed E-state index contributed by atoms with van der Waals surface area (Å²) in [5.74, 6) is -0.343. The maximum atomic E-state index is 13.7. The third-order valence-corrected chi connectivity index (χ3v) is 6.29. The van der Waals surface area contributed by atoms with E-state index in [2.05, 4.69) is 10.1 Å². The van der Waals surface area contributed by atoms with E-state index in [1.165, 1.54) is 35.6 Å². The molecule has 2 aromatic heterocycles. The second kappa shape index (κ2) is 10.7. The van der Waals surface area contributed by atoms with E-state index in [1.807, 2.05) is 13.8 Å². The Hall–Kier alpha value is -3.66. The van der Waals surface area contributed by atoms with Crippen LogP contribution in [0.25, 0.3) is 27.5 Å². The minimum atomic E-state index is -4.41. The van der Waals surface area contributed by atoms with Crippen molar-refractivity contribution in [1.29, 1.82) is 0 Å². The first-order chi connectivity index (χ1) is 16.6. The summed E-state index contributed by atoms with van der Waals surface area (Å²) in [7, 11) is 1.56. The van der Waals surface area contributed by atoms with Crippen molar-refractivity contribution in [2.75, 3.05) is 7.11 Å². The van der Waals surface area contributed by atoms with Gasteiger partial charge in [-0.25, -0.2) is 14.1 Å². The molecular formula is C24H19F4N3O3S. The Morgan fingerprint density at radius 3 is 2.31 bits per heavy atom. The lowest BCUT2D eigenvalue weighted by Gasteiger charge is -2.10. The molecule has 35 heavy (non-hydrogen) atoms. The standard InChI is InChI=1S/C23H19F4N3OS.CO2/c1-13-19(16-5-4-6-18(24)11-16)12-30(29-13)22-28-20(21(32-22)14(2)31-3)15-7-9-17(10-8-15)23(25,26)27;2-1-3/h4-12,14H,1-3H3;. The molecule has 1 atom stereocenters. The van der Waals surface area contributed by atoms with Crippen molar-refractivity contribution in [2.45, 2.75) is 26.1 Å². The first-order valence-electron chi connectivity index (χ1n) is 10.1.